The zero-order chi connectivity index (χ0) is 23.9. The largest absolute Gasteiger partial charge is 0.396 e. The van der Waals surface area contributed by atoms with Crippen molar-refractivity contribution in [3.05, 3.63) is 76.0 Å². The Labute approximate surface area is 188 Å². The number of anilines is 2. The van der Waals surface area contributed by atoms with Gasteiger partial charge in [-0.1, -0.05) is 18.2 Å². The number of nitrogens with zero attached hydrogens (tertiary/aromatic N) is 2. The van der Waals surface area contributed by atoms with Gasteiger partial charge < -0.3 is 26.8 Å². The first-order valence-corrected chi connectivity index (χ1v) is 9.95. The molecule has 2 heterocycles. The van der Waals surface area contributed by atoms with Gasteiger partial charge in [-0.2, -0.15) is 0 Å². The Hall–Kier alpha value is -4.53. The van der Waals surface area contributed by atoms with Crippen LogP contribution in [-0.4, -0.2) is 41.1 Å². The quantitative estimate of drug-likeness (QED) is 0.282. The number of aromatic nitrogens is 2. The maximum absolute atomic E-state index is 14.0. The van der Waals surface area contributed by atoms with Crippen LogP contribution in [-0.2, 0) is 0 Å². The predicted octanol–water partition coefficient (Wildman–Crippen LogP) is 3.26. The standard InChI is InChI=1S/C24H21FN6O2/c1-31(2)24(33)13-5-3-12(4-6-13)14-9-18-22(29-11-14)19(21(28)23(32)30-18)15-7-8-17(25)20(27)16(15)10-26/h3-11,26H,27-28H2,1-2H3,(H,30,32). The number of benzene rings is 2. The summed E-state index contributed by atoms with van der Waals surface area (Å²) in [5.74, 6) is -0.778. The smallest absolute Gasteiger partial charge is 0.272 e. The molecule has 0 saturated carbocycles. The molecular weight excluding hydrogens is 423 g/mol. The lowest BCUT2D eigenvalue weighted by Crippen LogP contribution is -2.21. The number of carbonyl (C=O) groups is 1. The predicted molar refractivity (Wildman–Crippen MR) is 128 cm³/mol. The summed E-state index contributed by atoms with van der Waals surface area (Å²) < 4.78 is 14.0. The maximum Gasteiger partial charge on any atom is 0.272 e. The van der Waals surface area contributed by atoms with Crippen LogP contribution in [0.1, 0.15) is 15.9 Å². The molecule has 4 rings (SSSR count). The number of nitrogen functional groups attached to an aromatic ring is 2. The fourth-order valence-corrected chi connectivity index (χ4v) is 3.67. The molecular formula is C24H21FN6O2. The minimum atomic E-state index is -0.670. The number of aromatic amines is 1. The zero-order valence-corrected chi connectivity index (χ0v) is 17.9. The van der Waals surface area contributed by atoms with Crippen molar-refractivity contribution < 1.29 is 9.18 Å². The molecule has 0 bridgehead atoms. The minimum absolute atomic E-state index is 0.108. The Morgan fingerprint density at radius 1 is 1.09 bits per heavy atom. The third-order valence-corrected chi connectivity index (χ3v) is 5.41. The molecule has 2 aromatic heterocycles. The van der Waals surface area contributed by atoms with Gasteiger partial charge in [-0.05, 0) is 35.4 Å². The highest BCUT2D eigenvalue weighted by Gasteiger charge is 2.19. The summed E-state index contributed by atoms with van der Waals surface area (Å²) in [4.78, 5) is 33.4. The van der Waals surface area contributed by atoms with Gasteiger partial charge in [-0.3, -0.25) is 14.6 Å². The molecule has 2 aromatic carbocycles. The molecule has 166 valence electrons. The van der Waals surface area contributed by atoms with Crippen LogP contribution in [0, 0.1) is 11.2 Å². The Kier molecular flexibility index (Phi) is 5.39. The fourth-order valence-electron chi connectivity index (χ4n) is 3.67. The fraction of sp³-hybridized carbons (Fsp3) is 0.0833. The van der Waals surface area contributed by atoms with Crippen molar-refractivity contribution in [1.29, 1.82) is 5.41 Å². The number of amides is 1. The molecule has 0 aliphatic rings. The number of hydrogen-bond donors (Lipinski definition) is 4. The van der Waals surface area contributed by atoms with Crippen LogP contribution in [0.15, 0.2) is 53.5 Å². The van der Waals surface area contributed by atoms with Crippen molar-refractivity contribution in [2.24, 2.45) is 0 Å². The lowest BCUT2D eigenvalue weighted by Gasteiger charge is -2.14. The van der Waals surface area contributed by atoms with Gasteiger partial charge in [-0.15, -0.1) is 0 Å². The van der Waals surface area contributed by atoms with E-state index in [1.54, 1.807) is 50.6 Å². The molecule has 0 radical (unpaired) electrons. The summed E-state index contributed by atoms with van der Waals surface area (Å²) in [6.07, 6.45) is 2.54. The Morgan fingerprint density at radius 2 is 1.79 bits per heavy atom. The summed E-state index contributed by atoms with van der Waals surface area (Å²) in [5.41, 5.74) is 14.6. The van der Waals surface area contributed by atoms with E-state index in [1.165, 1.54) is 11.0 Å². The van der Waals surface area contributed by atoms with E-state index in [4.69, 9.17) is 16.9 Å². The van der Waals surface area contributed by atoms with E-state index in [0.717, 1.165) is 17.8 Å². The molecule has 0 saturated heterocycles. The molecule has 6 N–H and O–H groups in total. The van der Waals surface area contributed by atoms with Crippen LogP contribution >= 0.6 is 0 Å². The van der Waals surface area contributed by atoms with Crippen LogP contribution in [0.2, 0.25) is 0 Å². The Bertz CT molecular complexity index is 1480. The summed E-state index contributed by atoms with van der Waals surface area (Å²) >= 11 is 0. The zero-order valence-electron chi connectivity index (χ0n) is 17.9. The van der Waals surface area contributed by atoms with E-state index in [1.807, 2.05) is 0 Å². The maximum atomic E-state index is 14.0. The number of H-pyrrole nitrogens is 1. The number of pyridine rings is 2. The number of hydrogen-bond acceptors (Lipinski definition) is 6. The van der Waals surface area contributed by atoms with Gasteiger partial charge in [0.25, 0.3) is 11.5 Å². The number of nitrogens with one attached hydrogen (secondary N) is 2. The first-order chi connectivity index (χ1) is 15.7. The van der Waals surface area contributed by atoms with Crippen LogP contribution in [0.3, 0.4) is 0 Å². The molecule has 0 unspecified atom stereocenters. The normalized spacial score (nSPS) is 10.9. The Morgan fingerprint density at radius 3 is 2.42 bits per heavy atom. The summed E-state index contributed by atoms with van der Waals surface area (Å²) in [7, 11) is 3.36. The number of nitrogens with two attached hydrogens (primary N) is 2. The van der Waals surface area contributed by atoms with Crippen LogP contribution in [0.5, 0.6) is 0 Å². The van der Waals surface area contributed by atoms with E-state index in [-0.39, 0.29) is 28.4 Å². The molecule has 4 aromatic rings. The van der Waals surface area contributed by atoms with Crippen LogP contribution < -0.4 is 17.0 Å². The molecule has 8 nitrogen and oxygen atoms in total. The molecule has 0 spiro atoms. The van der Waals surface area contributed by atoms with Gasteiger partial charge in [0.1, 0.15) is 11.5 Å². The van der Waals surface area contributed by atoms with Crippen molar-refractivity contribution in [3.8, 4) is 22.3 Å². The van der Waals surface area contributed by atoms with Gasteiger partial charge >= 0.3 is 0 Å². The van der Waals surface area contributed by atoms with Crippen molar-refractivity contribution in [1.82, 2.24) is 14.9 Å². The second-order valence-corrected chi connectivity index (χ2v) is 7.71. The Balaban J connectivity index is 1.89. The van der Waals surface area contributed by atoms with E-state index in [2.05, 4.69) is 9.97 Å². The van der Waals surface area contributed by atoms with Crippen LogP contribution in [0.4, 0.5) is 15.8 Å². The van der Waals surface area contributed by atoms with Gasteiger partial charge in [0.2, 0.25) is 0 Å². The molecule has 33 heavy (non-hydrogen) atoms. The first kappa shape index (κ1) is 21.7. The lowest BCUT2D eigenvalue weighted by molar-refractivity contribution is 0.0827. The van der Waals surface area contributed by atoms with Crippen molar-refractivity contribution in [2.75, 3.05) is 25.6 Å². The van der Waals surface area contributed by atoms with E-state index in [9.17, 15) is 14.0 Å². The molecule has 0 atom stereocenters. The topological polar surface area (TPSA) is 142 Å². The lowest BCUT2D eigenvalue weighted by atomic mass is 9.96. The molecule has 0 aliphatic carbocycles. The highest BCUT2D eigenvalue weighted by Crippen LogP contribution is 2.35. The second-order valence-electron chi connectivity index (χ2n) is 7.71. The summed E-state index contributed by atoms with van der Waals surface area (Å²) in [5, 5.41) is 7.68. The highest BCUT2D eigenvalue weighted by molar-refractivity contribution is 6.05. The average molecular weight is 444 g/mol. The van der Waals surface area contributed by atoms with Gasteiger partial charge in [-0.25, -0.2) is 4.39 Å². The number of rotatable bonds is 4. The van der Waals surface area contributed by atoms with Crippen molar-refractivity contribution in [3.63, 3.8) is 0 Å². The van der Waals surface area contributed by atoms with E-state index >= 15 is 0 Å². The average Bonchev–Trinajstić information content (AvgIpc) is 2.81. The van der Waals surface area contributed by atoms with E-state index in [0.29, 0.717) is 27.7 Å². The first-order valence-electron chi connectivity index (χ1n) is 9.95. The van der Waals surface area contributed by atoms with Gasteiger partial charge in [0.15, 0.2) is 0 Å². The monoisotopic (exact) mass is 444 g/mol. The minimum Gasteiger partial charge on any atom is -0.396 e. The number of carbonyl (C=O) groups excluding carboxylic acids is 1. The molecule has 1 amide bonds. The highest BCUT2D eigenvalue weighted by atomic mass is 19.1. The van der Waals surface area contributed by atoms with Gasteiger partial charge in [0, 0.05) is 48.8 Å². The van der Waals surface area contributed by atoms with Crippen molar-refractivity contribution in [2.45, 2.75) is 0 Å². The van der Waals surface area contributed by atoms with E-state index < -0.39 is 11.4 Å². The third kappa shape index (κ3) is 3.69. The SMILES string of the molecule is CN(C)C(=O)c1ccc(-c2cnc3c(-c4ccc(F)c(N)c4C=N)c(N)c(=O)[nH]c3c2)cc1. The summed E-state index contributed by atoms with van der Waals surface area (Å²) in [6.45, 7) is 0. The summed E-state index contributed by atoms with van der Waals surface area (Å²) in [6, 6.07) is 11.4. The number of halogens is 1. The molecule has 0 fully saturated rings. The van der Waals surface area contributed by atoms with Gasteiger partial charge in [0.05, 0.1) is 16.7 Å². The molecule has 0 aliphatic heterocycles. The third-order valence-electron chi connectivity index (χ3n) is 5.41. The second kappa shape index (κ2) is 8.19. The van der Waals surface area contributed by atoms with Crippen LogP contribution in [0.25, 0.3) is 33.3 Å². The molecule has 9 heteroatoms. The number of fused-ring (bicyclic) bond motifs is 1. The van der Waals surface area contributed by atoms with Crippen molar-refractivity contribution >= 4 is 34.5 Å².